The molecule has 0 bridgehead atoms. The normalized spacial score (nSPS) is 13.5. The topological polar surface area (TPSA) is 80.3 Å². The van der Waals surface area contributed by atoms with Gasteiger partial charge in [-0.25, -0.2) is 4.79 Å². The van der Waals surface area contributed by atoms with Crippen molar-refractivity contribution >= 4 is 29.2 Å². The third kappa shape index (κ3) is 3.80. The van der Waals surface area contributed by atoms with Crippen LogP contribution in [-0.2, 0) is 0 Å². The van der Waals surface area contributed by atoms with Crippen LogP contribution in [0.15, 0.2) is 47.5 Å². The summed E-state index contributed by atoms with van der Waals surface area (Å²) in [5, 5.41) is 1.80. The minimum atomic E-state index is -0.460. The summed E-state index contributed by atoms with van der Waals surface area (Å²) in [7, 11) is 4.58. The number of allylic oxidation sites excluding steroid dienone is 1. The molecule has 0 saturated heterocycles. The third-order valence-corrected chi connectivity index (χ3v) is 5.83. The van der Waals surface area contributed by atoms with Crippen LogP contribution in [0.1, 0.15) is 31.2 Å². The van der Waals surface area contributed by atoms with Crippen LogP contribution < -0.4 is 23.7 Å². The lowest BCUT2D eigenvalue weighted by atomic mass is 10.1. The Morgan fingerprint density at radius 1 is 0.969 bits per heavy atom. The first-order valence-electron chi connectivity index (χ1n) is 9.60. The van der Waals surface area contributed by atoms with Gasteiger partial charge in [0.2, 0.25) is 5.78 Å². The van der Waals surface area contributed by atoms with Crippen molar-refractivity contribution in [3.63, 3.8) is 0 Å². The zero-order valence-electron chi connectivity index (χ0n) is 17.9. The van der Waals surface area contributed by atoms with Gasteiger partial charge < -0.3 is 23.7 Å². The zero-order valence-corrected chi connectivity index (χ0v) is 18.7. The van der Waals surface area contributed by atoms with Gasteiger partial charge in [-0.05, 0) is 42.6 Å². The summed E-state index contributed by atoms with van der Waals surface area (Å²) in [6.45, 7) is 1.74. The van der Waals surface area contributed by atoms with Crippen molar-refractivity contribution in [2.24, 2.45) is 0 Å². The highest BCUT2D eigenvalue weighted by atomic mass is 32.1. The number of ether oxygens (including phenoxy) is 5. The standard InChI is InChI=1S/C24H20O7S/c1-13-16(31-24(26)21-6-5-9-32-21)8-7-15-22(25)20(30-23(13)15)11-14-10-18(28-3)19(29-4)12-17(14)27-2/h5-12H,1-4H3/b20-11-. The van der Waals surface area contributed by atoms with Crippen LogP contribution in [0.2, 0.25) is 0 Å². The fourth-order valence-electron chi connectivity index (χ4n) is 3.33. The second kappa shape index (κ2) is 8.76. The molecule has 0 fully saturated rings. The quantitative estimate of drug-likeness (QED) is 0.298. The number of benzene rings is 2. The summed E-state index contributed by atoms with van der Waals surface area (Å²) in [5.74, 6) is 1.55. The molecule has 164 valence electrons. The molecule has 0 atom stereocenters. The molecule has 0 saturated carbocycles. The number of esters is 1. The molecule has 32 heavy (non-hydrogen) atoms. The minimum Gasteiger partial charge on any atom is -0.496 e. The van der Waals surface area contributed by atoms with Gasteiger partial charge in [0.05, 0.1) is 26.9 Å². The van der Waals surface area contributed by atoms with E-state index in [4.69, 9.17) is 23.7 Å². The number of hydrogen-bond donors (Lipinski definition) is 0. The van der Waals surface area contributed by atoms with Gasteiger partial charge in [-0.3, -0.25) is 4.79 Å². The lowest BCUT2D eigenvalue weighted by Crippen LogP contribution is -2.07. The van der Waals surface area contributed by atoms with Gasteiger partial charge in [0.1, 0.15) is 22.1 Å². The average Bonchev–Trinajstić information content (AvgIpc) is 3.45. The minimum absolute atomic E-state index is 0.121. The number of carbonyl (C=O) groups excluding carboxylic acids is 2. The fraction of sp³-hybridized carbons (Fsp3) is 0.167. The highest BCUT2D eigenvalue weighted by molar-refractivity contribution is 7.12. The third-order valence-electron chi connectivity index (χ3n) is 4.98. The van der Waals surface area contributed by atoms with Crippen LogP contribution in [0.3, 0.4) is 0 Å². The maximum absolute atomic E-state index is 13.0. The second-order valence-corrected chi connectivity index (χ2v) is 7.77. The van der Waals surface area contributed by atoms with E-state index in [0.717, 1.165) is 0 Å². The van der Waals surface area contributed by atoms with E-state index >= 15 is 0 Å². The number of hydrogen-bond acceptors (Lipinski definition) is 8. The Morgan fingerprint density at radius 2 is 1.69 bits per heavy atom. The van der Waals surface area contributed by atoms with E-state index in [0.29, 0.717) is 50.3 Å². The van der Waals surface area contributed by atoms with Crippen molar-refractivity contribution in [3.8, 4) is 28.7 Å². The second-order valence-electron chi connectivity index (χ2n) is 6.82. The number of rotatable bonds is 6. The molecule has 0 spiro atoms. The molecule has 1 aliphatic heterocycles. The Kier molecular flexibility index (Phi) is 5.87. The molecule has 4 rings (SSSR count). The van der Waals surface area contributed by atoms with E-state index < -0.39 is 5.97 Å². The largest absolute Gasteiger partial charge is 0.496 e. The van der Waals surface area contributed by atoms with Gasteiger partial charge in [-0.15, -0.1) is 11.3 Å². The Bertz CT molecular complexity index is 1230. The maximum Gasteiger partial charge on any atom is 0.353 e. The smallest absolute Gasteiger partial charge is 0.353 e. The highest BCUT2D eigenvalue weighted by Gasteiger charge is 2.31. The van der Waals surface area contributed by atoms with E-state index in [1.54, 1.807) is 54.8 Å². The van der Waals surface area contributed by atoms with Crippen LogP contribution in [0.25, 0.3) is 6.08 Å². The number of carbonyl (C=O) groups is 2. The molecular formula is C24H20O7S. The van der Waals surface area contributed by atoms with E-state index in [9.17, 15) is 9.59 Å². The summed E-state index contributed by atoms with van der Waals surface area (Å²) < 4.78 is 27.5. The first-order chi connectivity index (χ1) is 15.5. The maximum atomic E-state index is 13.0. The van der Waals surface area contributed by atoms with Gasteiger partial charge in [0.25, 0.3) is 0 Å². The zero-order chi connectivity index (χ0) is 22.8. The summed E-state index contributed by atoms with van der Waals surface area (Å²) in [5.41, 5.74) is 1.54. The van der Waals surface area contributed by atoms with Crippen molar-refractivity contribution in [1.29, 1.82) is 0 Å². The van der Waals surface area contributed by atoms with E-state index in [1.165, 1.54) is 32.7 Å². The van der Waals surface area contributed by atoms with Gasteiger partial charge in [0, 0.05) is 17.2 Å². The van der Waals surface area contributed by atoms with Crippen LogP contribution in [0, 0.1) is 6.92 Å². The van der Waals surface area contributed by atoms with Gasteiger partial charge in [-0.1, -0.05) is 6.07 Å². The lowest BCUT2D eigenvalue weighted by Gasteiger charge is -2.12. The van der Waals surface area contributed by atoms with Gasteiger partial charge in [-0.2, -0.15) is 0 Å². The molecule has 3 aromatic rings. The summed E-state index contributed by atoms with van der Waals surface area (Å²) in [4.78, 5) is 25.8. The Morgan fingerprint density at radius 3 is 2.34 bits per heavy atom. The molecular weight excluding hydrogens is 432 g/mol. The average molecular weight is 452 g/mol. The fourth-order valence-corrected chi connectivity index (χ4v) is 3.93. The molecule has 1 aromatic heterocycles. The van der Waals surface area contributed by atoms with Crippen LogP contribution in [-0.4, -0.2) is 33.1 Å². The molecule has 0 unspecified atom stereocenters. The Labute approximate surface area is 188 Å². The summed E-state index contributed by atoms with van der Waals surface area (Å²) in [6, 6.07) is 10.0. The predicted molar refractivity (Wildman–Crippen MR) is 119 cm³/mol. The molecule has 7 nitrogen and oxygen atoms in total. The highest BCUT2D eigenvalue weighted by Crippen LogP contribution is 2.41. The molecule has 0 aliphatic carbocycles. The van der Waals surface area contributed by atoms with Crippen molar-refractivity contribution in [3.05, 3.63) is 69.1 Å². The van der Waals surface area contributed by atoms with Gasteiger partial charge in [0.15, 0.2) is 17.3 Å². The number of Topliss-reactive ketones (excluding diaryl/α,β-unsaturated/α-hetero) is 1. The molecule has 8 heteroatoms. The lowest BCUT2D eigenvalue weighted by molar-refractivity contribution is 0.0738. The van der Waals surface area contributed by atoms with E-state index in [-0.39, 0.29) is 11.5 Å². The van der Waals surface area contributed by atoms with E-state index in [2.05, 4.69) is 0 Å². The molecule has 2 heterocycles. The molecule has 0 radical (unpaired) electrons. The molecule has 0 amide bonds. The first kappa shape index (κ1) is 21.5. The molecule has 2 aromatic carbocycles. The summed E-state index contributed by atoms with van der Waals surface area (Å²) >= 11 is 1.29. The predicted octanol–water partition coefficient (Wildman–Crippen LogP) is 4.92. The van der Waals surface area contributed by atoms with Crippen molar-refractivity contribution < 1.29 is 33.3 Å². The van der Waals surface area contributed by atoms with Crippen LogP contribution in [0.4, 0.5) is 0 Å². The molecule has 0 N–H and O–H groups in total. The van der Waals surface area contributed by atoms with Gasteiger partial charge >= 0.3 is 5.97 Å². The number of ketones is 1. The van der Waals surface area contributed by atoms with E-state index in [1.807, 2.05) is 0 Å². The van der Waals surface area contributed by atoms with Crippen molar-refractivity contribution in [2.45, 2.75) is 6.92 Å². The number of fused-ring (bicyclic) bond motifs is 1. The monoisotopic (exact) mass is 452 g/mol. The van der Waals surface area contributed by atoms with Crippen molar-refractivity contribution in [1.82, 2.24) is 0 Å². The van der Waals surface area contributed by atoms with Crippen LogP contribution >= 0.6 is 11.3 Å². The number of thiophene rings is 1. The summed E-state index contributed by atoms with van der Waals surface area (Å²) in [6.07, 6.45) is 1.58. The van der Waals surface area contributed by atoms with Crippen LogP contribution in [0.5, 0.6) is 28.7 Å². The SMILES string of the molecule is COc1cc(OC)c(OC)cc1/C=C1\Oc2c(ccc(OC(=O)c3cccs3)c2C)C1=O. The molecule has 1 aliphatic rings. The Balaban J connectivity index is 1.67. The Hall–Kier alpha value is -3.78. The first-order valence-corrected chi connectivity index (χ1v) is 10.5. The number of methoxy groups -OCH3 is 3. The van der Waals surface area contributed by atoms with Crippen molar-refractivity contribution in [2.75, 3.05) is 21.3 Å².